The smallest absolute Gasteiger partial charge is 0.115 e. The Hall–Kier alpha value is -2.00. The third-order valence-electron chi connectivity index (χ3n) is 3.46. The maximum absolute atomic E-state index is 4.06. The van der Waals surface area contributed by atoms with Gasteiger partial charge in [0.25, 0.3) is 0 Å². The van der Waals surface area contributed by atoms with Crippen LogP contribution in [0.5, 0.6) is 0 Å². The average molecular weight is 251 g/mol. The van der Waals surface area contributed by atoms with Crippen molar-refractivity contribution in [3.05, 3.63) is 66.3 Å². The van der Waals surface area contributed by atoms with Gasteiger partial charge in [0.1, 0.15) is 6.33 Å². The van der Waals surface area contributed by atoms with Crippen LogP contribution in [0.25, 0.3) is 5.57 Å². The van der Waals surface area contributed by atoms with Crippen LogP contribution in [0.2, 0.25) is 0 Å². The van der Waals surface area contributed by atoms with Crippen LogP contribution in [0, 0.1) is 0 Å². The molecule has 0 N–H and O–H groups in total. The van der Waals surface area contributed by atoms with Gasteiger partial charge in [-0.3, -0.25) is 4.90 Å². The van der Waals surface area contributed by atoms with Crippen LogP contribution in [0.4, 0.5) is 0 Å². The largest absolute Gasteiger partial charge is 0.295 e. The zero-order chi connectivity index (χ0) is 12.9. The van der Waals surface area contributed by atoms with Gasteiger partial charge in [-0.05, 0) is 17.6 Å². The lowest BCUT2D eigenvalue weighted by Gasteiger charge is -2.26. The minimum atomic E-state index is 0.930. The number of hydrogen-bond acceptors (Lipinski definition) is 3. The quantitative estimate of drug-likeness (QED) is 0.840. The molecule has 0 atom stereocenters. The van der Waals surface area contributed by atoms with E-state index in [1.165, 1.54) is 16.7 Å². The molecule has 2 heterocycles. The van der Waals surface area contributed by atoms with Crippen LogP contribution < -0.4 is 0 Å². The molecule has 1 aliphatic rings. The first kappa shape index (κ1) is 12.1. The fourth-order valence-corrected chi connectivity index (χ4v) is 2.44. The van der Waals surface area contributed by atoms with Crippen molar-refractivity contribution in [2.75, 3.05) is 13.1 Å². The molecule has 0 unspecified atom stereocenters. The first-order valence-corrected chi connectivity index (χ1v) is 6.62. The Balaban J connectivity index is 1.64. The van der Waals surface area contributed by atoms with Gasteiger partial charge in [-0.25, -0.2) is 9.97 Å². The molecular formula is C16H17N3. The molecule has 0 radical (unpaired) electrons. The maximum atomic E-state index is 4.06. The molecule has 0 saturated carbocycles. The molecule has 0 fully saturated rings. The van der Waals surface area contributed by atoms with E-state index in [0.29, 0.717) is 0 Å². The second kappa shape index (κ2) is 5.76. The number of aromatic nitrogens is 2. The summed E-state index contributed by atoms with van der Waals surface area (Å²) in [6, 6.07) is 10.6. The summed E-state index contributed by atoms with van der Waals surface area (Å²) in [5, 5.41) is 0. The molecule has 1 aliphatic heterocycles. The normalized spacial score (nSPS) is 16.1. The van der Waals surface area contributed by atoms with Crippen molar-refractivity contribution in [1.82, 2.24) is 14.9 Å². The van der Waals surface area contributed by atoms with E-state index in [1.807, 2.05) is 12.4 Å². The second-order valence-corrected chi connectivity index (χ2v) is 4.83. The highest BCUT2D eigenvalue weighted by Gasteiger charge is 2.13. The first-order valence-electron chi connectivity index (χ1n) is 6.62. The monoisotopic (exact) mass is 251 g/mol. The summed E-state index contributed by atoms with van der Waals surface area (Å²) in [6.07, 6.45) is 8.81. The molecule has 0 bridgehead atoms. The van der Waals surface area contributed by atoms with Crippen molar-refractivity contribution in [3.63, 3.8) is 0 Å². The molecule has 0 saturated heterocycles. The van der Waals surface area contributed by atoms with E-state index in [0.717, 1.165) is 26.1 Å². The zero-order valence-electron chi connectivity index (χ0n) is 10.9. The van der Waals surface area contributed by atoms with Gasteiger partial charge in [0.15, 0.2) is 0 Å². The number of rotatable bonds is 3. The van der Waals surface area contributed by atoms with Gasteiger partial charge < -0.3 is 0 Å². The lowest BCUT2D eigenvalue weighted by Crippen LogP contribution is -2.28. The zero-order valence-corrected chi connectivity index (χ0v) is 10.9. The molecule has 3 heteroatoms. The minimum Gasteiger partial charge on any atom is -0.295 e. The molecule has 3 rings (SSSR count). The Kier molecular flexibility index (Phi) is 3.65. The van der Waals surface area contributed by atoms with Crippen molar-refractivity contribution in [3.8, 4) is 0 Å². The molecule has 2 aromatic rings. The van der Waals surface area contributed by atoms with Crippen LogP contribution in [0.1, 0.15) is 17.5 Å². The summed E-state index contributed by atoms with van der Waals surface area (Å²) >= 11 is 0. The van der Waals surface area contributed by atoms with E-state index < -0.39 is 0 Å². The van der Waals surface area contributed by atoms with Crippen molar-refractivity contribution in [1.29, 1.82) is 0 Å². The summed E-state index contributed by atoms with van der Waals surface area (Å²) in [5.41, 5.74) is 3.99. The fraction of sp³-hybridized carbons (Fsp3) is 0.250. The van der Waals surface area contributed by atoms with E-state index in [-0.39, 0.29) is 0 Å². The highest BCUT2D eigenvalue weighted by molar-refractivity contribution is 5.66. The Morgan fingerprint density at radius 1 is 1.05 bits per heavy atom. The standard InChI is InChI=1S/C16H17N3/c1-2-4-15(5-3-1)16-6-8-19(9-7-16)12-14-10-17-13-18-11-14/h1-6,10-11,13H,7-9,12H2. The molecule has 0 spiro atoms. The lowest BCUT2D eigenvalue weighted by molar-refractivity contribution is 0.293. The summed E-state index contributed by atoms with van der Waals surface area (Å²) in [7, 11) is 0. The van der Waals surface area contributed by atoms with Crippen LogP contribution in [0.3, 0.4) is 0 Å². The molecule has 1 aromatic heterocycles. The van der Waals surface area contributed by atoms with E-state index in [9.17, 15) is 0 Å². The van der Waals surface area contributed by atoms with Crippen LogP contribution in [-0.4, -0.2) is 28.0 Å². The molecule has 0 aliphatic carbocycles. The lowest BCUT2D eigenvalue weighted by atomic mass is 9.99. The van der Waals surface area contributed by atoms with Gasteiger partial charge in [0, 0.05) is 37.6 Å². The van der Waals surface area contributed by atoms with E-state index in [2.05, 4.69) is 51.3 Å². The van der Waals surface area contributed by atoms with Gasteiger partial charge in [-0.2, -0.15) is 0 Å². The summed E-state index contributed by atoms with van der Waals surface area (Å²) in [4.78, 5) is 10.5. The topological polar surface area (TPSA) is 29.0 Å². The van der Waals surface area contributed by atoms with Gasteiger partial charge in [-0.1, -0.05) is 36.4 Å². The van der Waals surface area contributed by atoms with E-state index >= 15 is 0 Å². The third-order valence-corrected chi connectivity index (χ3v) is 3.46. The Morgan fingerprint density at radius 3 is 2.53 bits per heavy atom. The van der Waals surface area contributed by atoms with Gasteiger partial charge >= 0.3 is 0 Å². The van der Waals surface area contributed by atoms with E-state index in [1.54, 1.807) is 6.33 Å². The SMILES string of the molecule is C1=C(c2ccccc2)CCN(Cc2cncnc2)C1. The molecular weight excluding hydrogens is 234 g/mol. The molecule has 3 nitrogen and oxygen atoms in total. The van der Waals surface area contributed by atoms with E-state index in [4.69, 9.17) is 0 Å². The van der Waals surface area contributed by atoms with Crippen LogP contribution >= 0.6 is 0 Å². The predicted octanol–water partition coefficient (Wildman–Crippen LogP) is 2.77. The molecule has 1 aromatic carbocycles. The van der Waals surface area contributed by atoms with Crippen LogP contribution in [-0.2, 0) is 6.54 Å². The molecule has 19 heavy (non-hydrogen) atoms. The fourth-order valence-electron chi connectivity index (χ4n) is 2.44. The van der Waals surface area contributed by atoms with Crippen molar-refractivity contribution in [2.45, 2.75) is 13.0 Å². The highest BCUT2D eigenvalue weighted by Crippen LogP contribution is 2.22. The highest BCUT2D eigenvalue weighted by atomic mass is 15.1. The van der Waals surface area contributed by atoms with Gasteiger partial charge in [-0.15, -0.1) is 0 Å². The van der Waals surface area contributed by atoms with Gasteiger partial charge in [0.2, 0.25) is 0 Å². The van der Waals surface area contributed by atoms with Crippen molar-refractivity contribution >= 4 is 5.57 Å². The summed E-state index contributed by atoms with van der Waals surface area (Å²) in [6.45, 7) is 3.02. The number of nitrogens with zero attached hydrogens (tertiary/aromatic N) is 3. The average Bonchev–Trinajstić information content (AvgIpc) is 2.50. The Morgan fingerprint density at radius 2 is 1.84 bits per heavy atom. The van der Waals surface area contributed by atoms with Gasteiger partial charge in [0.05, 0.1) is 0 Å². The molecule has 0 amide bonds. The summed E-state index contributed by atoms with van der Waals surface area (Å²) < 4.78 is 0. The Bertz CT molecular complexity index is 549. The number of hydrogen-bond donors (Lipinski definition) is 0. The van der Waals surface area contributed by atoms with Crippen LogP contribution in [0.15, 0.2) is 55.1 Å². The first-order chi connectivity index (χ1) is 9.42. The number of benzene rings is 1. The van der Waals surface area contributed by atoms with Crippen molar-refractivity contribution < 1.29 is 0 Å². The predicted molar refractivity (Wildman–Crippen MR) is 76.3 cm³/mol. The third kappa shape index (κ3) is 3.06. The summed E-state index contributed by atoms with van der Waals surface area (Å²) in [5.74, 6) is 0. The maximum Gasteiger partial charge on any atom is 0.115 e. The molecule has 96 valence electrons. The minimum absolute atomic E-state index is 0.930. The second-order valence-electron chi connectivity index (χ2n) is 4.83. The van der Waals surface area contributed by atoms with Crippen molar-refractivity contribution in [2.24, 2.45) is 0 Å². The Labute approximate surface area is 113 Å².